The summed E-state index contributed by atoms with van der Waals surface area (Å²) in [6, 6.07) is 1.10. The highest BCUT2D eigenvalue weighted by Crippen LogP contribution is 2.48. The Morgan fingerprint density at radius 2 is 1.86 bits per heavy atom. The van der Waals surface area contributed by atoms with E-state index in [9.17, 15) is 45.9 Å². The van der Waals surface area contributed by atoms with Gasteiger partial charge < -0.3 is 34.9 Å². The van der Waals surface area contributed by atoms with Crippen molar-refractivity contribution in [2.24, 2.45) is 17.8 Å². The van der Waals surface area contributed by atoms with Crippen LogP contribution < -0.4 is 24.8 Å². The fourth-order valence-corrected chi connectivity index (χ4v) is 8.81. The summed E-state index contributed by atoms with van der Waals surface area (Å²) in [5.74, 6) is -4.80. The maximum Gasteiger partial charge on any atom is 0.438 e. The first-order chi connectivity index (χ1) is 26.3. The predicted molar refractivity (Wildman–Crippen MR) is 192 cm³/mol. The Labute approximate surface area is 321 Å². The molecule has 1 aromatic carbocycles. The van der Waals surface area contributed by atoms with Crippen LogP contribution in [0.1, 0.15) is 64.5 Å². The fourth-order valence-electron chi connectivity index (χ4n) is 7.49. The molecule has 2 aromatic rings. The van der Waals surface area contributed by atoms with Crippen molar-refractivity contribution >= 4 is 44.9 Å². The maximum absolute atomic E-state index is 14.5. The van der Waals surface area contributed by atoms with Gasteiger partial charge in [-0.05, 0) is 63.5 Å². The van der Waals surface area contributed by atoms with Crippen molar-refractivity contribution in [3.63, 3.8) is 0 Å². The van der Waals surface area contributed by atoms with Gasteiger partial charge in [-0.2, -0.15) is 13.2 Å². The van der Waals surface area contributed by atoms with E-state index in [1.807, 2.05) is 13.0 Å². The number of ether oxygens (including phenoxy) is 3. The van der Waals surface area contributed by atoms with Gasteiger partial charge in [-0.15, -0.1) is 0 Å². The lowest BCUT2D eigenvalue weighted by molar-refractivity contribution is -0.143. The number of sulfonamides is 1. The zero-order valence-corrected chi connectivity index (χ0v) is 32.0. The van der Waals surface area contributed by atoms with Gasteiger partial charge in [0.1, 0.15) is 29.5 Å². The maximum atomic E-state index is 14.5. The average Bonchev–Trinajstić information content (AvgIpc) is 4.01. The molecule has 306 valence electrons. The molecule has 2 aliphatic carbocycles. The van der Waals surface area contributed by atoms with Gasteiger partial charge in [0.15, 0.2) is 0 Å². The molecule has 56 heavy (non-hydrogen) atoms. The number of benzene rings is 1. The van der Waals surface area contributed by atoms with E-state index in [1.165, 1.54) is 39.3 Å². The molecule has 1 saturated heterocycles. The van der Waals surface area contributed by atoms with Gasteiger partial charge in [-0.3, -0.25) is 19.1 Å². The Morgan fingerprint density at radius 3 is 2.50 bits per heavy atom. The molecule has 1 aromatic heterocycles. The van der Waals surface area contributed by atoms with Gasteiger partial charge in [-0.25, -0.2) is 23.2 Å². The number of nitrogens with zero attached hydrogens (tertiary/aromatic N) is 3. The van der Waals surface area contributed by atoms with Crippen molar-refractivity contribution in [3.8, 4) is 11.6 Å². The van der Waals surface area contributed by atoms with E-state index in [1.54, 1.807) is 6.08 Å². The first kappa shape index (κ1) is 40.9. The Morgan fingerprint density at radius 1 is 1.12 bits per heavy atom. The molecule has 2 aliphatic heterocycles. The highest BCUT2D eigenvalue weighted by Gasteiger charge is 2.63. The second-order valence-corrected chi connectivity index (χ2v) is 17.6. The van der Waals surface area contributed by atoms with Crippen LogP contribution >= 0.6 is 0 Å². The molecule has 0 radical (unpaired) electrons. The average molecular weight is 811 g/mol. The van der Waals surface area contributed by atoms with Gasteiger partial charge in [0.25, 0.3) is 5.91 Å². The number of fused-ring (bicyclic) bond motifs is 3. The predicted octanol–water partition coefficient (Wildman–Crippen LogP) is 3.15. The van der Waals surface area contributed by atoms with Crippen molar-refractivity contribution in [2.75, 3.05) is 27.4 Å². The van der Waals surface area contributed by atoms with Crippen LogP contribution in [-0.2, 0) is 35.3 Å². The molecular weight excluding hydrogens is 765 g/mol. The van der Waals surface area contributed by atoms with E-state index >= 15 is 0 Å². The molecule has 4 amide bonds. The number of amides is 4. The van der Waals surface area contributed by atoms with Crippen LogP contribution in [0.25, 0.3) is 11.0 Å². The molecule has 6 rings (SSSR count). The minimum Gasteiger partial charge on any atom is -0.497 e. The van der Waals surface area contributed by atoms with Crippen LogP contribution in [0.15, 0.2) is 30.4 Å². The largest absolute Gasteiger partial charge is 0.497 e. The molecule has 2 saturated carbocycles. The van der Waals surface area contributed by atoms with Crippen LogP contribution in [-0.4, -0.2) is 108 Å². The molecule has 3 fully saturated rings. The SMILES string of the molecule is COC[C@@H]1C[C@H](C)CCC=C[C@@H]2C[C@@]2(C(=O)NS(=O)(=O)C2(C)CC2)NC(=O)[C@@H]2C[C@@H](Oc3nc4cc(OC)ccc4nc3C(F)(F)F)CN2C(=O)[C@H]1NC(=O)O. The van der Waals surface area contributed by atoms with E-state index in [-0.39, 0.29) is 35.7 Å². The molecule has 0 spiro atoms. The normalized spacial score (nSPS) is 29.2. The molecule has 3 heterocycles. The quantitative estimate of drug-likeness (QED) is 0.269. The number of hydrogen-bond donors (Lipinski definition) is 4. The van der Waals surface area contributed by atoms with Crippen LogP contribution in [0.5, 0.6) is 11.6 Å². The molecule has 4 N–H and O–H groups in total. The van der Waals surface area contributed by atoms with Crippen LogP contribution in [0.2, 0.25) is 0 Å². The van der Waals surface area contributed by atoms with Gasteiger partial charge in [-0.1, -0.05) is 19.1 Å². The molecule has 4 aliphatic rings. The summed E-state index contributed by atoms with van der Waals surface area (Å²) < 4.78 is 86.7. The second-order valence-electron chi connectivity index (χ2n) is 15.4. The lowest BCUT2D eigenvalue weighted by atomic mass is 9.87. The summed E-state index contributed by atoms with van der Waals surface area (Å²) in [7, 11) is -1.37. The van der Waals surface area contributed by atoms with Crippen molar-refractivity contribution < 1.29 is 60.1 Å². The fraction of sp³-hybridized carbons (Fsp3) is 0.611. The van der Waals surface area contributed by atoms with E-state index in [0.29, 0.717) is 32.1 Å². The van der Waals surface area contributed by atoms with E-state index < -0.39 is 105 Å². The lowest BCUT2D eigenvalue weighted by Crippen LogP contribution is -2.59. The molecule has 7 atom stereocenters. The first-order valence-corrected chi connectivity index (χ1v) is 19.7. The summed E-state index contributed by atoms with van der Waals surface area (Å²) in [6.07, 6.45) is -2.56. The van der Waals surface area contributed by atoms with Crippen molar-refractivity contribution in [1.29, 1.82) is 0 Å². The Bertz CT molecular complexity index is 2030. The third-order valence-corrected chi connectivity index (χ3v) is 13.3. The number of methoxy groups -OCH3 is 2. The number of carboxylic acid groups (broad SMARTS) is 1. The van der Waals surface area contributed by atoms with Crippen molar-refractivity contribution in [2.45, 2.75) is 93.4 Å². The Balaban J connectivity index is 1.39. The number of rotatable bonds is 9. The van der Waals surface area contributed by atoms with Crippen molar-refractivity contribution in [3.05, 3.63) is 36.0 Å². The Kier molecular flexibility index (Phi) is 11.2. The number of aromatic nitrogens is 2. The standard InChI is InChI=1S/C36H45F3N6O10S/c1-19-7-5-6-8-21-16-35(21,32(48)44-56(51,52)34(2)11-12-34)43-29(46)26-15-23(17-45(26)31(47)27(42-33(49)50)20(13-19)18-53-3)55-30-28(36(37,38)39)40-24-10-9-22(54-4)14-25(24)41-30/h6,8-10,14,19-21,23,26-27,42H,5,7,11-13,15-18H2,1-4H3,(H,43,46)(H,44,48)(H,49,50)/t19-,20+,21-,23-,26+,27+,35-/m1/s1. The zero-order chi connectivity index (χ0) is 40.8. The first-order valence-electron chi connectivity index (χ1n) is 18.2. The molecule has 20 heteroatoms. The number of hydrogen-bond acceptors (Lipinski definition) is 11. The number of halogens is 3. The summed E-state index contributed by atoms with van der Waals surface area (Å²) in [5, 5.41) is 14.8. The summed E-state index contributed by atoms with van der Waals surface area (Å²) in [6.45, 7) is 2.88. The molecule has 0 bridgehead atoms. The number of nitrogens with one attached hydrogen (secondary N) is 3. The summed E-state index contributed by atoms with van der Waals surface area (Å²) in [5.41, 5.74) is -3.28. The van der Waals surface area contributed by atoms with E-state index in [2.05, 4.69) is 25.3 Å². The lowest BCUT2D eigenvalue weighted by Gasteiger charge is -2.33. The molecule has 0 unspecified atom stereocenters. The second kappa shape index (κ2) is 15.3. The number of alkyl halides is 3. The van der Waals surface area contributed by atoms with Gasteiger partial charge >= 0.3 is 12.3 Å². The topological polar surface area (TPSA) is 215 Å². The number of carbonyl (C=O) groups excluding carboxylic acids is 3. The van der Waals surface area contributed by atoms with E-state index in [0.717, 1.165) is 4.90 Å². The van der Waals surface area contributed by atoms with Gasteiger partial charge in [0.2, 0.25) is 33.4 Å². The number of allylic oxidation sites excluding steroid dienone is 1. The van der Waals surface area contributed by atoms with Crippen LogP contribution in [0.4, 0.5) is 18.0 Å². The smallest absolute Gasteiger partial charge is 0.438 e. The zero-order valence-electron chi connectivity index (χ0n) is 31.2. The minimum absolute atomic E-state index is 0.00653. The molecule has 16 nitrogen and oxygen atoms in total. The third-order valence-electron chi connectivity index (χ3n) is 11.1. The highest BCUT2D eigenvalue weighted by molar-refractivity contribution is 7.91. The van der Waals surface area contributed by atoms with Crippen molar-refractivity contribution in [1.82, 2.24) is 30.2 Å². The number of carbonyl (C=O) groups is 4. The monoisotopic (exact) mass is 810 g/mol. The molecular formula is C36H45F3N6O10S. The summed E-state index contributed by atoms with van der Waals surface area (Å²) >= 11 is 0. The Hall–Kier alpha value is -4.72. The van der Waals surface area contributed by atoms with Crippen LogP contribution in [0, 0.1) is 17.8 Å². The highest BCUT2D eigenvalue weighted by atomic mass is 32.2. The van der Waals surface area contributed by atoms with Gasteiger partial charge in [0, 0.05) is 31.4 Å². The third kappa shape index (κ3) is 8.35. The van der Waals surface area contributed by atoms with Gasteiger partial charge in [0.05, 0.1) is 36.0 Å². The summed E-state index contributed by atoms with van der Waals surface area (Å²) in [4.78, 5) is 63.7. The minimum atomic E-state index is -5.03. The van der Waals surface area contributed by atoms with E-state index in [4.69, 9.17) is 14.2 Å². The van der Waals surface area contributed by atoms with Crippen LogP contribution in [0.3, 0.4) is 0 Å².